The molecular formula is C18H26N6O. The Morgan fingerprint density at radius 1 is 1.28 bits per heavy atom. The second-order valence-corrected chi connectivity index (χ2v) is 6.71. The van der Waals surface area contributed by atoms with Gasteiger partial charge in [0.15, 0.2) is 5.82 Å². The summed E-state index contributed by atoms with van der Waals surface area (Å²) >= 11 is 0. The number of benzene rings is 1. The third kappa shape index (κ3) is 4.17. The van der Waals surface area contributed by atoms with Crippen molar-refractivity contribution in [2.24, 2.45) is 7.05 Å². The number of fused-ring (bicyclic) bond motifs is 1. The molecule has 0 saturated heterocycles. The number of nitrogens with one attached hydrogen (secondary N) is 2. The van der Waals surface area contributed by atoms with Crippen LogP contribution in [0.1, 0.15) is 36.8 Å². The van der Waals surface area contributed by atoms with Crippen LogP contribution in [0.5, 0.6) is 0 Å². The Bertz CT molecular complexity index is 728. The minimum atomic E-state index is -0.190. The van der Waals surface area contributed by atoms with Crippen LogP contribution in [-0.2, 0) is 20.0 Å². The highest BCUT2D eigenvalue weighted by molar-refractivity contribution is 5.74. The van der Waals surface area contributed by atoms with Gasteiger partial charge in [0.25, 0.3) is 0 Å². The average molecular weight is 342 g/mol. The molecule has 0 radical (unpaired) electrons. The lowest BCUT2D eigenvalue weighted by atomic mass is 9.99. The minimum Gasteiger partial charge on any atom is -0.337 e. The van der Waals surface area contributed by atoms with Gasteiger partial charge in [0, 0.05) is 32.7 Å². The molecule has 25 heavy (non-hydrogen) atoms. The molecule has 3 rings (SSSR count). The number of hydrogen-bond acceptors (Lipinski definition) is 4. The molecule has 2 atom stereocenters. The van der Waals surface area contributed by atoms with E-state index in [1.54, 1.807) is 10.9 Å². The maximum absolute atomic E-state index is 12.1. The van der Waals surface area contributed by atoms with Crippen molar-refractivity contribution >= 4 is 6.03 Å². The van der Waals surface area contributed by atoms with Crippen LogP contribution < -0.4 is 10.6 Å². The zero-order valence-corrected chi connectivity index (χ0v) is 15.1. The van der Waals surface area contributed by atoms with Crippen molar-refractivity contribution < 1.29 is 4.79 Å². The van der Waals surface area contributed by atoms with Gasteiger partial charge in [-0.05, 0) is 31.4 Å². The van der Waals surface area contributed by atoms with Gasteiger partial charge in [-0.25, -0.2) is 4.79 Å². The molecule has 0 spiro atoms. The summed E-state index contributed by atoms with van der Waals surface area (Å²) in [7, 11) is 1.86. The molecule has 1 aromatic heterocycles. The Morgan fingerprint density at radius 3 is 2.76 bits per heavy atom. The first-order chi connectivity index (χ1) is 12.0. The summed E-state index contributed by atoms with van der Waals surface area (Å²) in [5.74, 6) is 0.732. The lowest BCUT2D eigenvalue weighted by molar-refractivity contribution is 0.184. The number of nitrogens with zero attached hydrogens (tertiary/aromatic N) is 4. The van der Waals surface area contributed by atoms with Gasteiger partial charge in [0.1, 0.15) is 6.33 Å². The van der Waals surface area contributed by atoms with Crippen LogP contribution in [-0.4, -0.2) is 44.8 Å². The number of urea groups is 1. The molecule has 2 aromatic rings. The number of aromatic nitrogens is 3. The van der Waals surface area contributed by atoms with E-state index < -0.39 is 0 Å². The average Bonchev–Trinajstić information content (AvgIpc) is 3.05. The predicted molar refractivity (Wildman–Crippen MR) is 96.0 cm³/mol. The summed E-state index contributed by atoms with van der Waals surface area (Å²) in [6.07, 6.45) is 2.69. The Balaban J connectivity index is 1.47. The Labute approximate surface area is 148 Å². The first-order valence-electron chi connectivity index (χ1n) is 8.73. The lowest BCUT2D eigenvalue weighted by Gasteiger charge is -2.33. The van der Waals surface area contributed by atoms with E-state index in [0.29, 0.717) is 6.54 Å². The molecule has 1 aromatic carbocycles. The zero-order chi connectivity index (χ0) is 17.8. The van der Waals surface area contributed by atoms with E-state index in [1.807, 2.05) is 14.0 Å². The van der Waals surface area contributed by atoms with E-state index in [2.05, 4.69) is 56.9 Å². The second-order valence-electron chi connectivity index (χ2n) is 6.71. The summed E-state index contributed by atoms with van der Waals surface area (Å²) in [4.78, 5) is 14.6. The maximum Gasteiger partial charge on any atom is 0.315 e. The van der Waals surface area contributed by atoms with E-state index in [1.165, 1.54) is 11.1 Å². The van der Waals surface area contributed by atoms with Crippen LogP contribution in [0.25, 0.3) is 0 Å². The molecule has 134 valence electrons. The summed E-state index contributed by atoms with van der Waals surface area (Å²) in [5.41, 5.74) is 2.83. The summed E-state index contributed by atoms with van der Waals surface area (Å²) < 4.78 is 1.80. The van der Waals surface area contributed by atoms with Crippen molar-refractivity contribution in [1.82, 2.24) is 30.3 Å². The quantitative estimate of drug-likeness (QED) is 0.866. The number of amides is 2. The number of carbonyl (C=O) groups is 1. The zero-order valence-electron chi connectivity index (χ0n) is 15.1. The van der Waals surface area contributed by atoms with E-state index in [4.69, 9.17) is 0 Å². The van der Waals surface area contributed by atoms with Crippen molar-refractivity contribution in [3.63, 3.8) is 0 Å². The molecule has 1 aliphatic rings. The van der Waals surface area contributed by atoms with Gasteiger partial charge in [0.05, 0.1) is 6.04 Å². The molecule has 0 fully saturated rings. The largest absolute Gasteiger partial charge is 0.337 e. The van der Waals surface area contributed by atoms with Gasteiger partial charge >= 0.3 is 6.03 Å². The van der Waals surface area contributed by atoms with E-state index in [-0.39, 0.29) is 18.1 Å². The molecule has 0 saturated carbocycles. The number of carbonyl (C=O) groups excluding carboxylic acids is 1. The van der Waals surface area contributed by atoms with Crippen LogP contribution in [0.2, 0.25) is 0 Å². The van der Waals surface area contributed by atoms with Gasteiger partial charge < -0.3 is 15.2 Å². The second kappa shape index (κ2) is 7.65. The van der Waals surface area contributed by atoms with Crippen LogP contribution in [0.3, 0.4) is 0 Å². The number of aryl methyl sites for hydroxylation is 1. The van der Waals surface area contributed by atoms with Crippen molar-refractivity contribution in [2.45, 2.75) is 38.9 Å². The lowest BCUT2D eigenvalue weighted by Crippen LogP contribution is -2.47. The molecular weight excluding hydrogens is 316 g/mol. The predicted octanol–water partition coefficient (Wildman–Crippen LogP) is 1.62. The summed E-state index contributed by atoms with van der Waals surface area (Å²) in [6.45, 7) is 6.63. The molecule has 0 bridgehead atoms. The van der Waals surface area contributed by atoms with Gasteiger partial charge in [-0.3, -0.25) is 4.90 Å². The molecule has 7 heteroatoms. The molecule has 7 nitrogen and oxygen atoms in total. The third-order valence-electron chi connectivity index (χ3n) is 4.82. The van der Waals surface area contributed by atoms with Gasteiger partial charge in [-0.2, -0.15) is 0 Å². The standard InChI is InChI=1S/C18H26N6O/c1-13(24-9-8-15-6-4-5-7-16(15)11-24)10-19-18(25)21-14(2)17-22-20-12-23(17)3/h4-7,12-14H,8-11H2,1-3H3,(H2,19,21,25)/t13-,14-/m0/s1. The topological polar surface area (TPSA) is 75.1 Å². The fraction of sp³-hybridized carbons (Fsp3) is 0.500. The van der Waals surface area contributed by atoms with Crippen molar-refractivity contribution in [3.05, 3.63) is 47.5 Å². The molecule has 1 aliphatic heterocycles. The highest BCUT2D eigenvalue weighted by Gasteiger charge is 2.21. The fourth-order valence-electron chi connectivity index (χ4n) is 3.26. The SMILES string of the molecule is C[C@H](NC(=O)NC[C@H](C)N1CCc2ccccc2C1)c1nncn1C. The Morgan fingerprint density at radius 2 is 2.04 bits per heavy atom. The van der Waals surface area contributed by atoms with Gasteiger partial charge in [-0.1, -0.05) is 24.3 Å². The Kier molecular flexibility index (Phi) is 5.33. The summed E-state index contributed by atoms with van der Waals surface area (Å²) in [5, 5.41) is 13.7. The molecule has 0 unspecified atom stereocenters. The normalized spacial score (nSPS) is 16.8. The van der Waals surface area contributed by atoms with Gasteiger partial charge in [-0.15, -0.1) is 10.2 Å². The maximum atomic E-state index is 12.1. The monoisotopic (exact) mass is 342 g/mol. The first-order valence-corrected chi connectivity index (χ1v) is 8.73. The number of rotatable bonds is 5. The van der Waals surface area contributed by atoms with Crippen LogP contribution in [0, 0.1) is 0 Å². The first kappa shape index (κ1) is 17.4. The third-order valence-corrected chi connectivity index (χ3v) is 4.82. The van der Waals surface area contributed by atoms with Gasteiger partial charge in [0.2, 0.25) is 0 Å². The smallest absolute Gasteiger partial charge is 0.315 e. The van der Waals surface area contributed by atoms with Crippen molar-refractivity contribution in [1.29, 1.82) is 0 Å². The van der Waals surface area contributed by atoms with Crippen LogP contribution in [0.4, 0.5) is 4.79 Å². The summed E-state index contributed by atoms with van der Waals surface area (Å²) in [6, 6.07) is 8.50. The van der Waals surface area contributed by atoms with E-state index >= 15 is 0 Å². The molecule has 2 heterocycles. The minimum absolute atomic E-state index is 0.181. The number of hydrogen-bond donors (Lipinski definition) is 2. The van der Waals surface area contributed by atoms with Crippen molar-refractivity contribution in [2.75, 3.05) is 13.1 Å². The van der Waals surface area contributed by atoms with Crippen LogP contribution >= 0.6 is 0 Å². The Hall–Kier alpha value is -2.41. The molecule has 2 N–H and O–H groups in total. The molecule has 0 aliphatic carbocycles. The van der Waals surface area contributed by atoms with Crippen molar-refractivity contribution in [3.8, 4) is 0 Å². The van der Waals surface area contributed by atoms with Crippen LogP contribution in [0.15, 0.2) is 30.6 Å². The van der Waals surface area contributed by atoms with E-state index in [0.717, 1.165) is 25.3 Å². The fourth-order valence-corrected chi connectivity index (χ4v) is 3.26. The molecule has 2 amide bonds. The highest BCUT2D eigenvalue weighted by Crippen LogP contribution is 2.19. The van der Waals surface area contributed by atoms with E-state index in [9.17, 15) is 4.79 Å². The highest BCUT2D eigenvalue weighted by atomic mass is 16.2.